The minimum Gasteiger partial charge on any atom is -0.405 e. The van der Waals surface area contributed by atoms with Crippen molar-refractivity contribution in [3.63, 3.8) is 0 Å². The molecule has 0 radical (unpaired) electrons. The van der Waals surface area contributed by atoms with Gasteiger partial charge in [0.1, 0.15) is 0 Å². The Balaban J connectivity index is 1.69. The monoisotopic (exact) mass is 510 g/mol. The standard InChI is InChI=1S/C29H24ClFN6/c1-37-18-33-17-25(37)27(21-9-11-26(31)35-16-21)20-8-10-24-22(15-20)28(30)23(14-19-6-3-2-4-7-19)29(36-24)34-13-5-12-32/h2-13,15-18,27H,14,32H2,1H3. The number of halogens is 2. The number of aromatic nitrogens is 4. The van der Waals surface area contributed by atoms with E-state index in [-0.39, 0.29) is 5.92 Å². The molecule has 3 aromatic heterocycles. The molecule has 0 fully saturated rings. The molecule has 0 amide bonds. The molecule has 6 nitrogen and oxygen atoms in total. The van der Waals surface area contributed by atoms with Gasteiger partial charge in [0.15, 0.2) is 5.82 Å². The van der Waals surface area contributed by atoms with Crippen LogP contribution in [-0.2, 0) is 13.5 Å². The number of benzene rings is 2. The minimum absolute atomic E-state index is 0.231. The van der Waals surface area contributed by atoms with Crippen molar-refractivity contribution in [2.24, 2.45) is 17.8 Å². The quantitative estimate of drug-likeness (QED) is 0.212. The second-order valence-electron chi connectivity index (χ2n) is 8.61. The molecule has 1 atom stereocenters. The first-order chi connectivity index (χ1) is 18.0. The van der Waals surface area contributed by atoms with Crippen LogP contribution in [0.3, 0.4) is 0 Å². The lowest BCUT2D eigenvalue weighted by atomic mass is 9.88. The van der Waals surface area contributed by atoms with E-state index >= 15 is 0 Å². The van der Waals surface area contributed by atoms with Crippen molar-refractivity contribution >= 4 is 34.5 Å². The van der Waals surface area contributed by atoms with E-state index in [1.807, 2.05) is 66.3 Å². The molecule has 5 rings (SSSR count). The van der Waals surface area contributed by atoms with E-state index < -0.39 is 5.95 Å². The average molecular weight is 511 g/mol. The second-order valence-corrected chi connectivity index (χ2v) is 8.98. The number of nitrogens with two attached hydrogens (primary N) is 1. The molecule has 0 saturated heterocycles. The van der Waals surface area contributed by atoms with Gasteiger partial charge in [-0.1, -0.05) is 54.1 Å². The molecule has 0 spiro atoms. The summed E-state index contributed by atoms with van der Waals surface area (Å²) in [5.74, 6) is -0.217. The van der Waals surface area contributed by atoms with E-state index in [4.69, 9.17) is 22.3 Å². The largest absolute Gasteiger partial charge is 0.405 e. The molecular weight excluding hydrogens is 487 g/mol. The number of hydrogen-bond acceptors (Lipinski definition) is 5. The van der Waals surface area contributed by atoms with E-state index in [9.17, 15) is 4.39 Å². The summed E-state index contributed by atoms with van der Waals surface area (Å²) < 4.78 is 15.6. The number of allylic oxidation sites excluding steroid dienone is 1. The first-order valence-corrected chi connectivity index (χ1v) is 12.1. The van der Waals surface area contributed by atoms with Crippen molar-refractivity contribution in [3.8, 4) is 0 Å². The number of imidazole rings is 1. The smallest absolute Gasteiger partial charge is 0.212 e. The molecule has 37 heavy (non-hydrogen) atoms. The maximum atomic E-state index is 13.6. The highest BCUT2D eigenvalue weighted by Crippen LogP contribution is 2.38. The topological polar surface area (TPSA) is 82.0 Å². The number of aryl methyl sites for hydroxylation is 1. The summed E-state index contributed by atoms with van der Waals surface area (Å²) in [6.45, 7) is 0. The summed E-state index contributed by atoms with van der Waals surface area (Å²) in [4.78, 5) is 17.5. The Morgan fingerprint density at radius 3 is 2.59 bits per heavy atom. The maximum Gasteiger partial charge on any atom is 0.212 e. The van der Waals surface area contributed by atoms with Crippen molar-refractivity contribution in [2.75, 3.05) is 0 Å². The third-order valence-corrected chi connectivity index (χ3v) is 6.63. The molecule has 5 aromatic rings. The van der Waals surface area contributed by atoms with Crippen LogP contribution in [0.2, 0.25) is 5.02 Å². The minimum atomic E-state index is -0.526. The normalized spacial score (nSPS) is 12.6. The van der Waals surface area contributed by atoms with Gasteiger partial charge in [0.25, 0.3) is 0 Å². The number of nitrogens with zero attached hydrogens (tertiary/aromatic N) is 5. The van der Waals surface area contributed by atoms with E-state index in [1.54, 1.807) is 30.9 Å². The van der Waals surface area contributed by atoms with Gasteiger partial charge in [-0.05, 0) is 47.2 Å². The molecule has 2 aromatic carbocycles. The Hall–Kier alpha value is -4.36. The molecule has 0 saturated carbocycles. The summed E-state index contributed by atoms with van der Waals surface area (Å²) in [6.07, 6.45) is 10.3. The fourth-order valence-corrected chi connectivity index (χ4v) is 4.72. The Labute approximate surface area is 219 Å². The predicted octanol–water partition coefficient (Wildman–Crippen LogP) is 6.10. The van der Waals surface area contributed by atoms with Crippen LogP contribution in [-0.4, -0.2) is 25.7 Å². The van der Waals surface area contributed by atoms with Crippen LogP contribution in [0.4, 0.5) is 10.2 Å². The van der Waals surface area contributed by atoms with E-state index in [0.29, 0.717) is 17.3 Å². The second kappa shape index (κ2) is 10.7. The number of aliphatic imine (C=N–C) groups is 1. The predicted molar refractivity (Wildman–Crippen MR) is 146 cm³/mol. The van der Waals surface area contributed by atoms with Crippen LogP contribution in [0, 0.1) is 5.95 Å². The van der Waals surface area contributed by atoms with E-state index in [0.717, 1.165) is 38.9 Å². The Morgan fingerprint density at radius 1 is 1.08 bits per heavy atom. The van der Waals surface area contributed by atoms with Crippen molar-refractivity contribution < 1.29 is 4.39 Å². The van der Waals surface area contributed by atoms with Gasteiger partial charge in [-0.25, -0.2) is 19.9 Å². The summed E-state index contributed by atoms with van der Waals surface area (Å²) in [5.41, 5.74) is 10.9. The van der Waals surface area contributed by atoms with E-state index in [1.165, 1.54) is 12.3 Å². The lowest BCUT2D eigenvalue weighted by Crippen LogP contribution is -2.09. The summed E-state index contributed by atoms with van der Waals surface area (Å²) in [5, 5.41) is 1.39. The highest BCUT2D eigenvalue weighted by Gasteiger charge is 2.22. The molecule has 3 heterocycles. The number of rotatable bonds is 7. The van der Waals surface area contributed by atoms with Crippen molar-refractivity contribution in [2.45, 2.75) is 12.3 Å². The van der Waals surface area contributed by atoms with Crippen LogP contribution in [0.25, 0.3) is 10.9 Å². The Morgan fingerprint density at radius 2 is 1.89 bits per heavy atom. The van der Waals surface area contributed by atoms with Crippen LogP contribution in [0.1, 0.15) is 33.9 Å². The molecule has 2 N–H and O–H groups in total. The Bertz CT molecular complexity index is 1590. The van der Waals surface area contributed by atoms with Crippen LogP contribution in [0.5, 0.6) is 0 Å². The van der Waals surface area contributed by atoms with Crippen molar-refractivity contribution in [1.29, 1.82) is 0 Å². The molecule has 0 aliphatic heterocycles. The lowest BCUT2D eigenvalue weighted by molar-refractivity contribution is 0.581. The van der Waals surface area contributed by atoms with Crippen LogP contribution < -0.4 is 5.73 Å². The average Bonchev–Trinajstić information content (AvgIpc) is 3.33. The number of fused-ring (bicyclic) bond motifs is 1. The maximum absolute atomic E-state index is 13.6. The van der Waals surface area contributed by atoms with Gasteiger partial charge in [-0.2, -0.15) is 4.39 Å². The van der Waals surface area contributed by atoms with Gasteiger partial charge in [0, 0.05) is 48.7 Å². The van der Waals surface area contributed by atoms with Crippen LogP contribution >= 0.6 is 11.6 Å². The fourth-order valence-electron chi connectivity index (χ4n) is 4.41. The van der Waals surface area contributed by atoms with Gasteiger partial charge in [0.05, 0.1) is 22.8 Å². The zero-order valence-corrected chi connectivity index (χ0v) is 20.8. The first-order valence-electron chi connectivity index (χ1n) is 11.7. The van der Waals surface area contributed by atoms with Crippen LogP contribution in [0.15, 0.2) is 96.7 Å². The SMILES string of the molecule is Cn1cncc1C(c1ccc(F)nc1)c1ccc2nc(N=CC=CN)c(Cc3ccccc3)c(Cl)c2c1. The van der Waals surface area contributed by atoms with Gasteiger partial charge in [-0.3, -0.25) is 0 Å². The van der Waals surface area contributed by atoms with Crippen molar-refractivity contribution in [1.82, 2.24) is 19.5 Å². The molecule has 0 aliphatic carbocycles. The Kier molecular flexibility index (Phi) is 7.05. The van der Waals surface area contributed by atoms with Gasteiger partial charge >= 0.3 is 0 Å². The summed E-state index contributed by atoms with van der Waals surface area (Å²) >= 11 is 7.07. The molecule has 0 bridgehead atoms. The fraction of sp³-hybridized carbons (Fsp3) is 0.103. The molecule has 0 aliphatic rings. The summed E-state index contributed by atoms with van der Waals surface area (Å²) in [6, 6.07) is 19.1. The third kappa shape index (κ3) is 5.13. The first kappa shape index (κ1) is 24.3. The molecule has 1 unspecified atom stereocenters. The zero-order valence-electron chi connectivity index (χ0n) is 20.1. The number of hydrogen-bond donors (Lipinski definition) is 1. The highest BCUT2D eigenvalue weighted by molar-refractivity contribution is 6.36. The van der Waals surface area contributed by atoms with E-state index in [2.05, 4.69) is 15.0 Å². The summed E-state index contributed by atoms with van der Waals surface area (Å²) in [7, 11) is 1.93. The third-order valence-electron chi connectivity index (χ3n) is 6.20. The highest BCUT2D eigenvalue weighted by atomic mass is 35.5. The molecule has 8 heteroatoms. The number of pyridine rings is 2. The zero-order chi connectivity index (χ0) is 25.8. The van der Waals surface area contributed by atoms with Gasteiger partial charge in [0.2, 0.25) is 5.95 Å². The van der Waals surface area contributed by atoms with Gasteiger partial charge < -0.3 is 10.3 Å². The lowest BCUT2D eigenvalue weighted by Gasteiger charge is -2.20. The molecular formula is C29H24ClFN6. The van der Waals surface area contributed by atoms with Crippen molar-refractivity contribution in [3.05, 3.63) is 131 Å². The molecule has 184 valence electrons. The van der Waals surface area contributed by atoms with Gasteiger partial charge in [-0.15, -0.1) is 0 Å².